The molecule has 4 nitrogen and oxygen atoms in total. The van der Waals surface area contributed by atoms with E-state index >= 15 is 0 Å². The van der Waals surface area contributed by atoms with Crippen LogP contribution >= 0.6 is 0 Å². The van der Waals surface area contributed by atoms with Crippen LogP contribution in [0.5, 0.6) is 0 Å². The maximum atomic E-state index is 4.54. The molecule has 0 saturated carbocycles. The van der Waals surface area contributed by atoms with Gasteiger partial charge < -0.3 is 15.1 Å². The molecule has 1 aromatic rings. The van der Waals surface area contributed by atoms with Crippen LogP contribution in [0.25, 0.3) is 0 Å². The third-order valence-corrected chi connectivity index (χ3v) is 3.37. The van der Waals surface area contributed by atoms with Crippen molar-refractivity contribution in [2.75, 3.05) is 38.6 Å². The zero-order chi connectivity index (χ0) is 15.9. The minimum absolute atomic E-state index is 0.138. The minimum Gasteiger partial charge on any atom is -0.357 e. The molecule has 0 spiro atoms. The van der Waals surface area contributed by atoms with E-state index in [0.717, 1.165) is 38.4 Å². The monoisotopic (exact) mass is 292 g/mol. The Bertz CT molecular complexity index is 409. The van der Waals surface area contributed by atoms with Crippen LogP contribution in [0.4, 0.5) is 5.82 Å². The highest BCUT2D eigenvalue weighted by Crippen LogP contribution is 2.14. The zero-order valence-electron chi connectivity index (χ0n) is 14.6. The molecule has 0 unspecified atom stereocenters. The van der Waals surface area contributed by atoms with Gasteiger partial charge in [0, 0.05) is 31.4 Å². The molecule has 0 radical (unpaired) electrons. The third-order valence-electron chi connectivity index (χ3n) is 3.37. The molecule has 1 aromatic heterocycles. The molecule has 0 aromatic carbocycles. The van der Waals surface area contributed by atoms with Gasteiger partial charge in [-0.1, -0.05) is 0 Å². The number of hydrogen-bond acceptors (Lipinski definition) is 4. The number of anilines is 1. The van der Waals surface area contributed by atoms with E-state index in [2.05, 4.69) is 74.0 Å². The number of nitrogens with one attached hydrogen (secondary N) is 1. The second-order valence-corrected chi connectivity index (χ2v) is 6.86. The van der Waals surface area contributed by atoms with E-state index in [0.29, 0.717) is 0 Å². The summed E-state index contributed by atoms with van der Waals surface area (Å²) in [4.78, 5) is 9.12. The van der Waals surface area contributed by atoms with Crippen molar-refractivity contribution in [1.29, 1.82) is 0 Å². The number of pyridine rings is 1. The van der Waals surface area contributed by atoms with Crippen LogP contribution in [0.15, 0.2) is 18.3 Å². The van der Waals surface area contributed by atoms with Crippen molar-refractivity contribution in [1.82, 2.24) is 15.2 Å². The van der Waals surface area contributed by atoms with Gasteiger partial charge in [-0.3, -0.25) is 0 Å². The van der Waals surface area contributed by atoms with Crippen molar-refractivity contribution in [3.05, 3.63) is 23.9 Å². The topological polar surface area (TPSA) is 31.4 Å². The van der Waals surface area contributed by atoms with Crippen LogP contribution in [-0.4, -0.2) is 49.2 Å². The molecule has 0 saturated heterocycles. The van der Waals surface area contributed by atoms with Gasteiger partial charge in [-0.25, -0.2) is 4.98 Å². The molecule has 1 rings (SSSR count). The van der Waals surface area contributed by atoms with Gasteiger partial charge >= 0.3 is 0 Å². The Labute approximate surface area is 130 Å². The number of hydrogen-bond donors (Lipinski definition) is 1. The first kappa shape index (κ1) is 17.9. The highest BCUT2D eigenvalue weighted by atomic mass is 15.2. The van der Waals surface area contributed by atoms with E-state index in [4.69, 9.17) is 0 Å². The van der Waals surface area contributed by atoms with E-state index < -0.39 is 0 Å². The lowest BCUT2D eigenvalue weighted by molar-refractivity contribution is 0.400. The first-order chi connectivity index (χ1) is 9.81. The summed E-state index contributed by atoms with van der Waals surface area (Å²) in [5, 5.41) is 3.53. The summed E-state index contributed by atoms with van der Waals surface area (Å²) in [6, 6.07) is 4.30. The summed E-state index contributed by atoms with van der Waals surface area (Å²) in [5.74, 6) is 1.09. The first-order valence-electron chi connectivity index (χ1n) is 7.91. The summed E-state index contributed by atoms with van der Waals surface area (Å²) >= 11 is 0. The van der Waals surface area contributed by atoms with E-state index in [9.17, 15) is 0 Å². The fourth-order valence-electron chi connectivity index (χ4n) is 2.12. The molecule has 4 heteroatoms. The lowest BCUT2D eigenvalue weighted by Gasteiger charge is -2.24. The van der Waals surface area contributed by atoms with E-state index in [1.54, 1.807) is 0 Å². The lowest BCUT2D eigenvalue weighted by Crippen LogP contribution is -2.35. The van der Waals surface area contributed by atoms with E-state index in [1.165, 1.54) is 5.56 Å². The van der Waals surface area contributed by atoms with Gasteiger partial charge in [-0.15, -0.1) is 0 Å². The summed E-state index contributed by atoms with van der Waals surface area (Å²) in [7, 11) is 4.24. The highest BCUT2D eigenvalue weighted by molar-refractivity contribution is 5.40. The molecule has 1 N–H and O–H groups in total. The smallest absolute Gasteiger partial charge is 0.128 e. The molecule has 21 heavy (non-hydrogen) atoms. The second-order valence-electron chi connectivity index (χ2n) is 6.86. The minimum atomic E-state index is 0.138. The Kier molecular flexibility index (Phi) is 7.12. The Morgan fingerprint density at radius 2 is 1.90 bits per heavy atom. The molecule has 0 bridgehead atoms. The standard InChI is InChI=1S/C17H32N4/c1-7-21(12-8-11-20(5)6)16-13-15(9-10-18-16)14-19-17(2,3)4/h9-10,13,19H,7-8,11-12,14H2,1-6H3. The fraction of sp³-hybridized carbons (Fsp3) is 0.706. The SMILES string of the molecule is CCN(CCCN(C)C)c1cc(CNC(C)(C)C)ccn1. The molecule has 0 aliphatic rings. The van der Waals surface area contributed by atoms with Gasteiger partial charge in [0.05, 0.1) is 0 Å². The Morgan fingerprint density at radius 1 is 1.19 bits per heavy atom. The molecule has 1 heterocycles. The van der Waals surface area contributed by atoms with Gasteiger partial charge in [-0.05, 0) is 72.5 Å². The van der Waals surface area contributed by atoms with Crippen LogP contribution in [0.3, 0.4) is 0 Å². The van der Waals surface area contributed by atoms with Crippen molar-refractivity contribution < 1.29 is 0 Å². The van der Waals surface area contributed by atoms with Crippen LogP contribution in [0.2, 0.25) is 0 Å². The quantitative estimate of drug-likeness (QED) is 0.798. The van der Waals surface area contributed by atoms with Gasteiger partial charge in [-0.2, -0.15) is 0 Å². The summed E-state index contributed by atoms with van der Waals surface area (Å²) in [6.07, 6.45) is 3.08. The average Bonchev–Trinajstić information content (AvgIpc) is 2.41. The van der Waals surface area contributed by atoms with Gasteiger partial charge in [0.25, 0.3) is 0 Å². The Morgan fingerprint density at radius 3 is 2.48 bits per heavy atom. The Hall–Kier alpha value is -1.13. The predicted molar refractivity (Wildman–Crippen MR) is 91.9 cm³/mol. The fourth-order valence-corrected chi connectivity index (χ4v) is 2.12. The first-order valence-corrected chi connectivity index (χ1v) is 7.91. The van der Waals surface area contributed by atoms with E-state index in [1.807, 2.05) is 6.20 Å². The van der Waals surface area contributed by atoms with Crippen LogP contribution in [0, 0.1) is 0 Å². The van der Waals surface area contributed by atoms with Crippen molar-refractivity contribution in [3.8, 4) is 0 Å². The van der Waals surface area contributed by atoms with Crippen molar-refractivity contribution in [2.45, 2.75) is 46.2 Å². The second kappa shape index (κ2) is 8.35. The summed E-state index contributed by atoms with van der Waals surface area (Å²) < 4.78 is 0. The Balaban J connectivity index is 2.63. The largest absolute Gasteiger partial charge is 0.357 e. The third kappa shape index (κ3) is 7.44. The lowest BCUT2D eigenvalue weighted by atomic mass is 10.1. The molecule has 0 amide bonds. The molecule has 0 atom stereocenters. The maximum absolute atomic E-state index is 4.54. The molecular weight excluding hydrogens is 260 g/mol. The summed E-state index contributed by atoms with van der Waals surface area (Å²) in [5.41, 5.74) is 1.43. The zero-order valence-corrected chi connectivity index (χ0v) is 14.6. The molecule has 0 aliphatic carbocycles. The average molecular weight is 292 g/mol. The highest BCUT2D eigenvalue weighted by Gasteiger charge is 2.10. The summed E-state index contributed by atoms with van der Waals surface area (Å²) in [6.45, 7) is 12.8. The number of rotatable bonds is 8. The van der Waals surface area contributed by atoms with Gasteiger partial charge in [0.2, 0.25) is 0 Å². The predicted octanol–water partition coefficient (Wildman–Crippen LogP) is 2.75. The van der Waals surface area contributed by atoms with Crippen LogP contribution < -0.4 is 10.2 Å². The number of nitrogens with zero attached hydrogens (tertiary/aromatic N) is 3. The normalized spacial score (nSPS) is 12.0. The molecule has 0 fully saturated rings. The van der Waals surface area contributed by atoms with Crippen molar-refractivity contribution in [2.24, 2.45) is 0 Å². The number of aromatic nitrogens is 1. The van der Waals surface area contributed by atoms with Crippen LogP contribution in [0.1, 0.15) is 39.7 Å². The van der Waals surface area contributed by atoms with Gasteiger partial charge in [0.1, 0.15) is 5.82 Å². The molecule has 0 aliphatic heterocycles. The van der Waals surface area contributed by atoms with E-state index in [-0.39, 0.29) is 5.54 Å². The van der Waals surface area contributed by atoms with Crippen molar-refractivity contribution >= 4 is 5.82 Å². The van der Waals surface area contributed by atoms with Crippen molar-refractivity contribution in [3.63, 3.8) is 0 Å². The molecule has 120 valence electrons. The molecular formula is C17H32N4. The van der Waals surface area contributed by atoms with Crippen LogP contribution in [-0.2, 0) is 6.54 Å². The van der Waals surface area contributed by atoms with Gasteiger partial charge in [0.15, 0.2) is 0 Å². The maximum Gasteiger partial charge on any atom is 0.128 e.